The van der Waals surface area contributed by atoms with Crippen molar-refractivity contribution in [2.24, 2.45) is 22.7 Å². The number of H-pyrrole nitrogens is 2. The van der Waals surface area contributed by atoms with Gasteiger partial charge in [-0.2, -0.15) is 0 Å². The van der Waals surface area contributed by atoms with Gasteiger partial charge in [0.05, 0.1) is 22.2 Å². The van der Waals surface area contributed by atoms with Crippen LogP contribution in [0.4, 0.5) is 0 Å². The van der Waals surface area contributed by atoms with Crippen LogP contribution in [0.1, 0.15) is 82.8 Å². The molecule has 6 fully saturated rings. The average Bonchev–Trinajstić information content (AvgIpc) is 3.39. The van der Waals surface area contributed by atoms with E-state index < -0.39 is 10.8 Å². The highest BCUT2D eigenvalue weighted by Gasteiger charge is 2.79. The summed E-state index contributed by atoms with van der Waals surface area (Å²) in [6.45, 7) is 9.65. The monoisotopic (exact) mass is 536 g/mol. The summed E-state index contributed by atoms with van der Waals surface area (Å²) in [6.07, 6.45) is 9.58. The lowest BCUT2D eigenvalue weighted by Crippen LogP contribution is -2.72. The third kappa shape index (κ3) is 2.18. The molecule has 10 rings (SSSR count). The zero-order valence-electron chi connectivity index (χ0n) is 23.2. The largest absolute Gasteiger partial charge is 0.358 e. The molecule has 4 heterocycles. The van der Waals surface area contributed by atoms with Gasteiger partial charge in [0.1, 0.15) is 0 Å². The predicted octanol–water partition coefficient (Wildman–Crippen LogP) is 3.83. The Morgan fingerprint density at radius 2 is 1.40 bits per heavy atom. The Balaban J connectivity index is 0.975. The number of nitrogens with zero attached hydrogens (tertiary/aromatic N) is 2. The molecule has 2 saturated heterocycles. The first-order valence-electron chi connectivity index (χ1n) is 14.5. The maximum atomic E-state index is 14.1. The van der Waals surface area contributed by atoms with E-state index in [-0.39, 0.29) is 34.2 Å². The topological polar surface area (TPSA) is 106 Å². The highest BCUT2D eigenvalue weighted by atomic mass is 16.2. The van der Waals surface area contributed by atoms with Crippen LogP contribution in [0.5, 0.6) is 0 Å². The molecule has 0 unspecified atom stereocenters. The van der Waals surface area contributed by atoms with E-state index in [9.17, 15) is 19.2 Å². The molecule has 2 aromatic heterocycles. The molecule has 2 aliphatic heterocycles. The minimum atomic E-state index is -0.521. The molecule has 40 heavy (non-hydrogen) atoms. The molecule has 8 aliphatic rings. The number of likely N-dealkylation sites (tertiary alicyclic amines) is 2. The average molecular weight is 537 g/mol. The molecule has 0 aromatic carbocycles. The van der Waals surface area contributed by atoms with E-state index in [0.29, 0.717) is 55.6 Å². The molecule has 4 saturated carbocycles. The first kappa shape index (κ1) is 23.1. The number of hydrogen-bond donors (Lipinski definition) is 2. The molecular formula is C32H32N4O4. The summed E-state index contributed by atoms with van der Waals surface area (Å²) in [5.74, 6) is 0.736. The molecule has 1 spiro atoms. The zero-order valence-corrected chi connectivity index (χ0v) is 23.2. The smallest absolute Gasteiger partial charge is 0.233 e. The van der Waals surface area contributed by atoms with E-state index in [1.54, 1.807) is 12.2 Å². The fourth-order valence-electron chi connectivity index (χ4n) is 10.3. The van der Waals surface area contributed by atoms with Crippen LogP contribution in [0.2, 0.25) is 0 Å². The fourth-order valence-corrected chi connectivity index (χ4v) is 10.3. The molecule has 2 amide bonds. The number of allylic oxidation sites excluding steroid dienone is 4. The van der Waals surface area contributed by atoms with E-state index in [4.69, 9.17) is 0 Å². The van der Waals surface area contributed by atoms with Gasteiger partial charge < -0.3 is 19.8 Å². The van der Waals surface area contributed by atoms with Crippen LogP contribution in [-0.2, 0) is 20.4 Å². The normalized spacial score (nSPS) is 39.3. The molecule has 204 valence electrons. The lowest BCUT2D eigenvalue weighted by atomic mass is 9.34. The van der Waals surface area contributed by atoms with Crippen molar-refractivity contribution < 1.29 is 19.2 Å². The number of hydrogen-bond acceptors (Lipinski definition) is 4. The molecule has 8 nitrogen and oxygen atoms in total. The number of fused-ring (bicyclic) bond motifs is 4. The van der Waals surface area contributed by atoms with Gasteiger partial charge in [0, 0.05) is 59.9 Å². The number of carbonyl (C=O) groups excluding carboxylic acids is 4. The summed E-state index contributed by atoms with van der Waals surface area (Å²) >= 11 is 0. The standard InChI is InChI=1S/C32H32N4O4/c1-15-9-33-25-19(37)7-21-29(4,23(15)25)5-6-35(21)27(39)30-12-31(13-30,14-30)28(40)36-11-18-17(3)32(18)22(36)8-20(38)26-24(32)16(2)10-34-26/h7-10,17-18,33-34H,5-6,11-14H2,1-4H3/t17-,18+,29+,30?,31?,32+/m1/s1. The summed E-state index contributed by atoms with van der Waals surface area (Å²) < 4.78 is 0. The van der Waals surface area contributed by atoms with Crippen molar-refractivity contribution in [2.45, 2.75) is 64.2 Å². The number of rotatable bonds is 2. The Kier molecular flexibility index (Phi) is 3.72. The Hall–Kier alpha value is -3.68. The van der Waals surface area contributed by atoms with Gasteiger partial charge in [0.15, 0.2) is 0 Å². The second kappa shape index (κ2) is 6.45. The Bertz CT molecular complexity index is 1720. The zero-order chi connectivity index (χ0) is 27.7. The lowest BCUT2D eigenvalue weighted by molar-refractivity contribution is -0.219. The summed E-state index contributed by atoms with van der Waals surface area (Å²) in [6, 6.07) is 0. The van der Waals surface area contributed by atoms with E-state index >= 15 is 0 Å². The Morgan fingerprint density at radius 3 is 2.05 bits per heavy atom. The minimum Gasteiger partial charge on any atom is -0.358 e. The van der Waals surface area contributed by atoms with Crippen LogP contribution < -0.4 is 0 Å². The lowest BCUT2D eigenvalue weighted by Gasteiger charge is -2.69. The second-order valence-electron chi connectivity index (χ2n) is 14.0. The first-order chi connectivity index (χ1) is 19.0. The van der Waals surface area contributed by atoms with Crippen LogP contribution in [0.25, 0.3) is 0 Å². The molecule has 2 bridgehead atoms. The van der Waals surface area contributed by atoms with E-state index in [0.717, 1.165) is 40.1 Å². The fraction of sp³-hybridized carbons (Fsp3) is 0.500. The van der Waals surface area contributed by atoms with Crippen molar-refractivity contribution in [3.05, 3.63) is 69.6 Å². The van der Waals surface area contributed by atoms with Crippen molar-refractivity contribution in [1.29, 1.82) is 0 Å². The maximum absolute atomic E-state index is 14.1. The number of aromatic nitrogens is 2. The van der Waals surface area contributed by atoms with Gasteiger partial charge in [-0.3, -0.25) is 19.2 Å². The van der Waals surface area contributed by atoms with Gasteiger partial charge in [0.25, 0.3) is 0 Å². The van der Waals surface area contributed by atoms with E-state index in [1.807, 2.05) is 36.0 Å². The van der Waals surface area contributed by atoms with Crippen LogP contribution in [-0.4, -0.2) is 56.2 Å². The van der Waals surface area contributed by atoms with Crippen molar-refractivity contribution in [1.82, 2.24) is 19.8 Å². The molecule has 4 atom stereocenters. The van der Waals surface area contributed by atoms with Crippen LogP contribution in [0, 0.1) is 36.5 Å². The van der Waals surface area contributed by atoms with Gasteiger partial charge in [-0.25, -0.2) is 0 Å². The number of aromatic amines is 2. The van der Waals surface area contributed by atoms with Gasteiger partial charge in [0.2, 0.25) is 23.4 Å². The van der Waals surface area contributed by atoms with Crippen molar-refractivity contribution >= 4 is 23.4 Å². The number of amides is 2. The molecule has 2 N–H and O–H groups in total. The highest BCUT2D eigenvalue weighted by molar-refractivity contribution is 6.10. The summed E-state index contributed by atoms with van der Waals surface area (Å²) in [5, 5.41) is 0. The quantitative estimate of drug-likeness (QED) is 0.609. The number of ketones is 2. The summed E-state index contributed by atoms with van der Waals surface area (Å²) in [4.78, 5) is 64.1. The highest BCUT2D eigenvalue weighted by Crippen LogP contribution is 2.77. The van der Waals surface area contributed by atoms with Gasteiger partial charge in [-0.15, -0.1) is 0 Å². The second-order valence-corrected chi connectivity index (χ2v) is 14.0. The van der Waals surface area contributed by atoms with Crippen LogP contribution in [0.15, 0.2) is 35.9 Å². The number of nitrogens with one attached hydrogen (secondary N) is 2. The molecule has 8 heteroatoms. The summed E-state index contributed by atoms with van der Waals surface area (Å²) in [5.41, 5.74) is 5.59. The summed E-state index contributed by atoms with van der Waals surface area (Å²) in [7, 11) is 0. The van der Waals surface area contributed by atoms with Crippen molar-refractivity contribution in [3.8, 4) is 0 Å². The van der Waals surface area contributed by atoms with Gasteiger partial charge in [-0.05, 0) is 80.5 Å². The van der Waals surface area contributed by atoms with Gasteiger partial charge in [-0.1, -0.05) is 6.92 Å². The predicted molar refractivity (Wildman–Crippen MR) is 144 cm³/mol. The first-order valence-corrected chi connectivity index (χ1v) is 14.5. The van der Waals surface area contributed by atoms with Crippen LogP contribution >= 0.6 is 0 Å². The van der Waals surface area contributed by atoms with E-state index in [1.165, 1.54) is 0 Å². The van der Waals surface area contributed by atoms with Crippen LogP contribution in [0.3, 0.4) is 0 Å². The maximum Gasteiger partial charge on any atom is 0.233 e. The molecular weight excluding hydrogens is 504 g/mol. The number of aryl methyl sites for hydroxylation is 2. The molecule has 0 radical (unpaired) electrons. The Morgan fingerprint density at radius 1 is 0.850 bits per heavy atom. The Labute approximate surface area is 231 Å². The molecule has 2 aromatic rings. The number of carbonyl (C=O) groups is 4. The third-order valence-corrected chi connectivity index (χ3v) is 12.2. The van der Waals surface area contributed by atoms with Crippen molar-refractivity contribution in [3.63, 3.8) is 0 Å². The SMILES string of the molecule is Cc1c[nH]c2c1[C@]13C(=CC2=O)N(C(=O)C24CC(C(=O)N5CC[C@@]6(C)C5=CC(=O)c5[nH]cc(C)c56)(C2)C4)C[C@H]1[C@H]3C. The minimum absolute atomic E-state index is 0.0567. The van der Waals surface area contributed by atoms with Gasteiger partial charge >= 0.3 is 0 Å². The molecule has 6 aliphatic carbocycles. The van der Waals surface area contributed by atoms with Crippen molar-refractivity contribution in [2.75, 3.05) is 13.1 Å². The number of piperidine rings is 1. The third-order valence-electron chi connectivity index (χ3n) is 12.2. The van der Waals surface area contributed by atoms with E-state index in [2.05, 4.69) is 23.8 Å².